The molecule has 20 heavy (non-hydrogen) atoms. The van der Waals surface area contributed by atoms with Gasteiger partial charge in [-0.3, -0.25) is 9.59 Å². The SMILES string of the molecule is CC(=O)c1cccc(NC(=O)c2csc(C(C)N)n2)c1. The van der Waals surface area contributed by atoms with Crippen LogP contribution in [0.2, 0.25) is 0 Å². The molecule has 0 bridgehead atoms. The number of Topliss-reactive ketones (excluding diaryl/α,β-unsaturated/α-hetero) is 1. The lowest BCUT2D eigenvalue weighted by atomic mass is 10.1. The van der Waals surface area contributed by atoms with Gasteiger partial charge in [0.05, 0.1) is 6.04 Å². The molecular formula is C14H15N3O2S. The van der Waals surface area contributed by atoms with Gasteiger partial charge in [-0.25, -0.2) is 4.98 Å². The molecule has 0 aliphatic rings. The highest BCUT2D eigenvalue weighted by Gasteiger charge is 2.13. The quantitative estimate of drug-likeness (QED) is 0.847. The number of carbonyl (C=O) groups excluding carboxylic acids is 2. The number of ketones is 1. The first-order chi connectivity index (χ1) is 9.47. The second-order valence-electron chi connectivity index (χ2n) is 4.45. The minimum Gasteiger partial charge on any atom is -0.322 e. The van der Waals surface area contributed by atoms with E-state index in [0.29, 0.717) is 22.0 Å². The van der Waals surface area contributed by atoms with E-state index in [4.69, 9.17) is 5.73 Å². The standard InChI is InChI=1S/C14H15N3O2S/c1-8(15)14-17-12(7-20-14)13(19)16-11-5-3-4-10(6-11)9(2)18/h3-8H,15H2,1-2H3,(H,16,19). The molecule has 0 aliphatic carbocycles. The topological polar surface area (TPSA) is 85.1 Å². The Morgan fingerprint density at radius 1 is 1.40 bits per heavy atom. The van der Waals surface area contributed by atoms with Crippen LogP contribution in [0.4, 0.5) is 5.69 Å². The third-order valence-electron chi connectivity index (χ3n) is 2.67. The first-order valence-corrected chi connectivity index (χ1v) is 6.98. The zero-order valence-electron chi connectivity index (χ0n) is 11.2. The number of nitrogens with zero attached hydrogens (tertiary/aromatic N) is 1. The van der Waals surface area contributed by atoms with Crippen molar-refractivity contribution in [2.24, 2.45) is 5.73 Å². The molecule has 6 heteroatoms. The van der Waals surface area contributed by atoms with Crippen molar-refractivity contribution < 1.29 is 9.59 Å². The van der Waals surface area contributed by atoms with Crippen LogP contribution in [-0.4, -0.2) is 16.7 Å². The fourth-order valence-corrected chi connectivity index (χ4v) is 2.37. The van der Waals surface area contributed by atoms with Crippen molar-refractivity contribution in [3.8, 4) is 0 Å². The molecule has 1 amide bonds. The molecule has 0 radical (unpaired) electrons. The van der Waals surface area contributed by atoms with Crippen LogP contribution in [0.25, 0.3) is 0 Å². The Morgan fingerprint density at radius 3 is 2.75 bits per heavy atom. The van der Waals surface area contributed by atoms with Gasteiger partial charge in [0.2, 0.25) is 0 Å². The summed E-state index contributed by atoms with van der Waals surface area (Å²) in [6, 6.07) is 6.60. The van der Waals surface area contributed by atoms with E-state index >= 15 is 0 Å². The zero-order valence-corrected chi connectivity index (χ0v) is 12.0. The Morgan fingerprint density at radius 2 is 2.15 bits per heavy atom. The van der Waals surface area contributed by atoms with Crippen LogP contribution in [0.5, 0.6) is 0 Å². The molecule has 0 fully saturated rings. The highest BCUT2D eigenvalue weighted by atomic mass is 32.1. The van der Waals surface area contributed by atoms with Crippen LogP contribution in [0.15, 0.2) is 29.6 Å². The summed E-state index contributed by atoms with van der Waals surface area (Å²) in [6.45, 7) is 3.30. The van der Waals surface area contributed by atoms with Crippen molar-refractivity contribution in [1.82, 2.24) is 4.98 Å². The summed E-state index contributed by atoms with van der Waals surface area (Å²) in [5, 5.41) is 5.10. The fraction of sp³-hybridized carbons (Fsp3) is 0.214. The monoisotopic (exact) mass is 289 g/mol. The Bertz CT molecular complexity index is 649. The van der Waals surface area contributed by atoms with Crippen LogP contribution < -0.4 is 11.1 Å². The highest BCUT2D eigenvalue weighted by Crippen LogP contribution is 2.17. The number of benzene rings is 1. The first-order valence-electron chi connectivity index (χ1n) is 6.10. The molecule has 0 saturated carbocycles. The maximum absolute atomic E-state index is 12.0. The fourth-order valence-electron chi connectivity index (χ4n) is 1.61. The van der Waals surface area contributed by atoms with Gasteiger partial charge in [-0.2, -0.15) is 0 Å². The predicted molar refractivity (Wildman–Crippen MR) is 79.1 cm³/mol. The van der Waals surface area contributed by atoms with Crippen molar-refractivity contribution in [2.75, 3.05) is 5.32 Å². The predicted octanol–water partition coefficient (Wildman–Crippen LogP) is 2.62. The summed E-state index contributed by atoms with van der Waals surface area (Å²) in [6.07, 6.45) is 0. The van der Waals surface area contributed by atoms with E-state index in [0.717, 1.165) is 0 Å². The molecule has 1 atom stereocenters. The average molecular weight is 289 g/mol. The second-order valence-corrected chi connectivity index (χ2v) is 5.34. The third-order valence-corrected chi connectivity index (χ3v) is 3.72. The summed E-state index contributed by atoms with van der Waals surface area (Å²) in [4.78, 5) is 27.5. The van der Waals surface area contributed by atoms with E-state index < -0.39 is 0 Å². The lowest BCUT2D eigenvalue weighted by Gasteiger charge is -2.04. The molecule has 1 unspecified atom stereocenters. The largest absolute Gasteiger partial charge is 0.322 e. The van der Waals surface area contributed by atoms with Crippen molar-refractivity contribution in [3.05, 3.63) is 45.9 Å². The van der Waals surface area contributed by atoms with Crippen molar-refractivity contribution in [2.45, 2.75) is 19.9 Å². The Hall–Kier alpha value is -2.05. The number of carbonyl (C=O) groups is 2. The first kappa shape index (κ1) is 14.4. The van der Waals surface area contributed by atoms with Gasteiger partial charge in [0.25, 0.3) is 5.91 Å². The van der Waals surface area contributed by atoms with E-state index in [2.05, 4.69) is 10.3 Å². The van der Waals surface area contributed by atoms with Gasteiger partial charge >= 0.3 is 0 Å². The van der Waals surface area contributed by atoms with E-state index in [1.54, 1.807) is 29.6 Å². The van der Waals surface area contributed by atoms with E-state index in [1.165, 1.54) is 18.3 Å². The Balaban J connectivity index is 2.14. The van der Waals surface area contributed by atoms with Crippen LogP contribution in [-0.2, 0) is 0 Å². The number of hydrogen-bond acceptors (Lipinski definition) is 5. The number of nitrogens with two attached hydrogens (primary N) is 1. The minimum atomic E-state index is -0.311. The molecule has 5 nitrogen and oxygen atoms in total. The lowest BCUT2D eigenvalue weighted by Crippen LogP contribution is -2.13. The number of nitrogens with one attached hydrogen (secondary N) is 1. The number of thiazole rings is 1. The molecule has 0 aliphatic heterocycles. The molecule has 0 saturated heterocycles. The maximum atomic E-state index is 12.0. The summed E-state index contributed by atoms with van der Waals surface area (Å²) in [5.74, 6) is -0.358. The van der Waals surface area contributed by atoms with Gasteiger partial charge in [0.15, 0.2) is 5.78 Å². The molecule has 3 N–H and O–H groups in total. The van der Waals surface area contributed by atoms with Gasteiger partial charge in [-0.05, 0) is 26.0 Å². The summed E-state index contributed by atoms with van der Waals surface area (Å²) >= 11 is 1.35. The molecule has 1 aromatic carbocycles. The molecule has 1 heterocycles. The summed E-state index contributed by atoms with van der Waals surface area (Å²) < 4.78 is 0. The highest BCUT2D eigenvalue weighted by molar-refractivity contribution is 7.09. The van der Waals surface area contributed by atoms with Crippen LogP contribution in [0.3, 0.4) is 0 Å². The molecule has 2 rings (SSSR count). The number of aromatic nitrogens is 1. The number of amides is 1. The normalized spacial score (nSPS) is 11.9. The van der Waals surface area contributed by atoms with Crippen molar-refractivity contribution >= 4 is 28.7 Å². The Kier molecular flexibility index (Phi) is 4.26. The number of anilines is 1. The number of rotatable bonds is 4. The van der Waals surface area contributed by atoms with E-state index in [9.17, 15) is 9.59 Å². The average Bonchev–Trinajstić information content (AvgIpc) is 2.88. The van der Waals surface area contributed by atoms with E-state index in [1.807, 2.05) is 6.92 Å². The van der Waals surface area contributed by atoms with Crippen molar-refractivity contribution in [3.63, 3.8) is 0 Å². The van der Waals surface area contributed by atoms with Crippen LogP contribution in [0.1, 0.15) is 45.7 Å². The molecular weight excluding hydrogens is 274 g/mol. The van der Waals surface area contributed by atoms with Gasteiger partial charge in [0.1, 0.15) is 10.7 Å². The van der Waals surface area contributed by atoms with Crippen molar-refractivity contribution in [1.29, 1.82) is 0 Å². The summed E-state index contributed by atoms with van der Waals surface area (Å²) in [5.41, 5.74) is 7.16. The smallest absolute Gasteiger partial charge is 0.275 e. The lowest BCUT2D eigenvalue weighted by molar-refractivity contribution is 0.100. The third kappa shape index (κ3) is 3.28. The summed E-state index contributed by atoms with van der Waals surface area (Å²) in [7, 11) is 0. The zero-order chi connectivity index (χ0) is 14.7. The molecule has 1 aromatic heterocycles. The Labute approximate surface area is 120 Å². The van der Waals surface area contributed by atoms with Gasteiger partial charge in [-0.1, -0.05) is 12.1 Å². The molecule has 0 spiro atoms. The van der Waals surface area contributed by atoms with Gasteiger partial charge in [0, 0.05) is 16.6 Å². The van der Waals surface area contributed by atoms with Crippen LogP contribution >= 0.6 is 11.3 Å². The second kappa shape index (κ2) is 5.94. The minimum absolute atomic E-state index is 0.0472. The molecule has 2 aromatic rings. The molecule has 104 valence electrons. The van der Waals surface area contributed by atoms with E-state index in [-0.39, 0.29) is 17.7 Å². The number of hydrogen-bond donors (Lipinski definition) is 2. The van der Waals surface area contributed by atoms with Crippen LogP contribution in [0, 0.1) is 0 Å². The van der Waals surface area contributed by atoms with Gasteiger partial charge in [-0.15, -0.1) is 11.3 Å². The van der Waals surface area contributed by atoms with Gasteiger partial charge < -0.3 is 11.1 Å². The maximum Gasteiger partial charge on any atom is 0.275 e.